The number of benzene rings is 3. The van der Waals surface area contributed by atoms with Gasteiger partial charge in [0.15, 0.2) is 0 Å². The first-order chi connectivity index (χ1) is 13.5. The number of aliphatic hydroxyl groups is 1. The second-order valence-electron chi connectivity index (χ2n) is 6.39. The normalized spacial score (nSPS) is 10.8. The van der Waals surface area contributed by atoms with Crippen LogP contribution in [0, 0.1) is 11.9 Å². The molecule has 0 atom stereocenters. The third kappa shape index (κ3) is 5.56. The van der Waals surface area contributed by atoms with Gasteiger partial charge in [0.1, 0.15) is 5.82 Å². The van der Waals surface area contributed by atoms with Crippen LogP contribution in [-0.2, 0) is 20.1 Å². The molecular weight excluding hydrogens is 545 g/mol. The minimum atomic E-state index is -0.215. The van der Waals surface area contributed by atoms with Gasteiger partial charge < -0.3 is 10.1 Å². The average molecular weight is 566 g/mol. The molecule has 0 aliphatic rings. The van der Waals surface area contributed by atoms with Crippen molar-refractivity contribution in [3.05, 3.63) is 90.6 Å². The van der Waals surface area contributed by atoms with Crippen LogP contribution in [0.1, 0.15) is 13.8 Å². The summed E-state index contributed by atoms with van der Waals surface area (Å²) in [5, 5.41) is 12.5. The van der Waals surface area contributed by atoms with Gasteiger partial charge in [0, 0.05) is 26.3 Å². The topological polar surface area (TPSA) is 54.5 Å². The van der Waals surface area contributed by atoms with Crippen molar-refractivity contribution >= 4 is 27.3 Å². The van der Waals surface area contributed by atoms with Crippen LogP contribution in [0.25, 0.3) is 32.8 Å². The maximum absolute atomic E-state index is 13.4. The SMILES string of the molecule is CC(=[OH+])/C=C(/C)O.Fc1ccc2c(ccc3c(-c4[c-]cccc4)nccc32)c1.[Ir]. The molecule has 0 amide bonds. The Labute approximate surface area is 182 Å². The maximum Gasteiger partial charge on any atom is 0.316 e. The Hall–Kier alpha value is -2.88. The molecule has 3 aromatic carbocycles. The number of aromatic nitrogens is 1. The van der Waals surface area contributed by atoms with Gasteiger partial charge in [-0.2, -0.15) is 0 Å². The van der Waals surface area contributed by atoms with Crippen molar-refractivity contribution in [2.24, 2.45) is 0 Å². The summed E-state index contributed by atoms with van der Waals surface area (Å²) < 4.78 is 13.4. The third-order valence-corrected chi connectivity index (χ3v) is 4.11. The Balaban J connectivity index is 0.000000327. The fraction of sp³-hybridized carbons (Fsp3) is 0.0833. The molecule has 0 unspecified atom stereocenters. The Morgan fingerprint density at radius 3 is 2.41 bits per heavy atom. The van der Waals surface area contributed by atoms with Gasteiger partial charge in [-0.3, -0.25) is 4.79 Å². The summed E-state index contributed by atoms with van der Waals surface area (Å²) in [5.41, 5.74) is 1.86. The number of rotatable bonds is 2. The van der Waals surface area contributed by atoms with Crippen molar-refractivity contribution in [1.82, 2.24) is 4.98 Å². The van der Waals surface area contributed by atoms with Crippen molar-refractivity contribution in [3.63, 3.8) is 0 Å². The minimum Gasteiger partial charge on any atom is -0.512 e. The van der Waals surface area contributed by atoms with Gasteiger partial charge in [0.2, 0.25) is 0 Å². The first-order valence-electron chi connectivity index (χ1n) is 8.79. The summed E-state index contributed by atoms with van der Waals surface area (Å²) in [6, 6.07) is 21.8. The van der Waals surface area contributed by atoms with Crippen molar-refractivity contribution < 1.29 is 34.4 Å². The summed E-state index contributed by atoms with van der Waals surface area (Å²) in [5.74, 6) is 0.0347. The molecule has 1 radical (unpaired) electrons. The van der Waals surface area contributed by atoms with Crippen LogP contribution in [-0.4, -0.2) is 20.7 Å². The van der Waals surface area contributed by atoms with Crippen LogP contribution in [0.2, 0.25) is 0 Å². The monoisotopic (exact) mass is 566 g/mol. The molecule has 0 fully saturated rings. The summed E-state index contributed by atoms with van der Waals surface area (Å²) in [6.07, 6.45) is 3.07. The molecule has 1 aromatic heterocycles. The summed E-state index contributed by atoms with van der Waals surface area (Å²) in [6.45, 7) is 3.00. The fourth-order valence-electron chi connectivity index (χ4n) is 3.02. The summed E-state index contributed by atoms with van der Waals surface area (Å²) >= 11 is 0. The van der Waals surface area contributed by atoms with E-state index in [-0.39, 0.29) is 37.5 Å². The van der Waals surface area contributed by atoms with E-state index in [1.165, 1.54) is 26.0 Å². The number of fused-ring (bicyclic) bond motifs is 3. The van der Waals surface area contributed by atoms with Gasteiger partial charge in [-0.25, -0.2) is 4.39 Å². The van der Waals surface area contributed by atoms with E-state index in [0.29, 0.717) is 0 Å². The minimum absolute atomic E-state index is 0. The summed E-state index contributed by atoms with van der Waals surface area (Å²) in [7, 11) is 0. The van der Waals surface area contributed by atoms with E-state index in [0.717, 1.165) is 32.8 Å². The van der Waals surface area contributed by atoms with Gasteiger partial charge in [0.25, 0.3) is 0 Å². The van der Waals surface area contributed by atoms with Gasteiger partial charge in [-0.1, -0.05) is 18.2 Å². The van der Waals surface area contributed by atoms with Crippen LogP contribution in [0.4, 0.5) is 4.39 Å². The molecule has 3 nitrogen and oxygen atoms in total. The number of aliphatic hydroxyl groups excluding tert-OH is 1. The fourth-order valence-corrected chi connectivity index (χ4v) is 3.02. The molecule has 0 spiro atoms. The molecule has 0 saturated heterocycles. The van der Waals surface area contributed by atoms with Crippen LogP contribution in [0.15, 0.2) is 78.7 Å². The van der Waals surface area contributed by atoms with E-state index in [2.05, 4.69) is 11.1 Å². The number of hydrogen-bond acceptors (Lipinski definition) is 2. The van der Waals surface area contributed by atoms with E-state index in [1.54, 1.807) is 12.3 Å². The van der Waals surface area contributed by atoms with E-state index in [1.807, 2.05) is 48.5 Å². The zero-order valence-electron chi connectivity index (χ0n) is 16.0. The number of allylic oxidation sites excluding steroid dienone is 2. The molecule has 0 aliphatic carbocycles. The van der Waals surface area contributed by atoms with Gasteiger partial charge >= 0.3 is 5.78 Å². The summed E-state index contributed by atoms with van der Waals surface area (Å²) in [4.78, 5) is 12.9. The second-order valence-corrected chi connectivity index (χ2v) is 6.39. The molecule has 0 saturated carbocycles. The molecule has 4 rings (SSSR count). The molecule has 29 heavy (non-hydrogen) atoms. The third-order valence-electron chi connectivity index (χ3n) is 4.11. The predicted octanol–water partition coefficient (Wildman–Crippen LogP) is 6.00. The molecule has 2 N–H and O–H groups in total. The van der Waals surface area contributed by atoms with Gasteiger partial charge in [-0.15, -0.1) is 35.9 Å². The molecule has 1 heterocycles. The quantitative estimate of drug-likeness (QED) is 0.107. The zero-order chi connectivity index (χ0) is 20.1. The van der Waals surface area contributed by atoms with Crippen LogP contribution in [0.5, 0.6) is 0 Å². The van der Waals surface area contributed by atoms with Gasteiger partial charge in [-0.05, 0) is 52.4 Å². The van der Waals surface area contributed by atoms with E-state index >= 15 is 0 Å². The van der Waals surface area contributed by atoms with Crippen molar-refractivity contribution in [2.75, 3.05) is 0 Å². The smallest absolute Gasteiger partial charge is 0.316 e. The zero-order valence-corrected chi connectivity index (χ0v) is 18.4. The predicted molar refractivity (Wildman–Crippen MR) is 112 cm³/mol. The van der Waals surface area contributed by atoms with Crippen LogP contribution in [0.3, 0.4) is 0 Å². The molecule has 0 aliphatic heterocycles. The maximum atomic E-state index is 13.4. The van der Waals surface area contributed by atoms with Crippen molar-refractivity contribution in [1.29, 1.82) is 0 Å². The van der Waals surface area contributed by atoms with Crippen LogP contribution >= 0.6 is 0 Å². The second kappa shape index (κ2) is 10.1. The molecule has 5 heteroatoms. The Bertz CT molecular complexity index is 1170. The first kappa shape index (κ1) is 22.4. The van der Waals surface area contributed by atoms with Gasteiger partial charge in [0.05, 0.1) is 18.8 Å². The number of carbonyl (C=O) groups excluding carboxylic acids is 1. The van der Waals surface area contributed by atoms with Crippen LogP contribution < -0.4 is 0 Å². The number of hydrogen-bond donors (Lipinski definition) is 1. The number of ketones is 1. The molecular formula is C24H20FIrNO2. The largest absolute Gasteiger partial charge is 0.512 e. The van der Waals surface area contributed by atoms with Crippen molar-refractivity contribution in [2.45, 2.75) is 13.8 Å². The first-order valence-corrected chi connectivity index (χ1v) is 8.79. The molecule has 149 valence electrons. The molecule has 0 bridgehead atoms. The standard InChI is InChI=1S/C19H11FN.C5H8O2.Ir/c20-15-7-9-16-14(12-15)6-8-18-17(16)10-11-21-19(18)13-4-2-1-3-5-13;1-4(6)3-5(2)7;/h1-4,6-12H;3,6H,1-2H3;/q-1;;/p+1/b;4-3-;. The van der Waals surface area contributed by atoms with E-state index in [4.69, 9.17) is 9.90 Å². The van der Waals surface area contributed by atoms with E-state index in [9.17, 15) is 4.39 Å². The molecule has 4 aromatic rings. The number of pyridine rings is 1. The van der Waals surface area contributed by atoms with E-state index < -0.39 is 0 Å². The number of nitrogens with zero attached hydrogens (tertiary/aromatic N) is 1. The Kier molecular flexibility index (Phi) is 7.77. The number of halogens is 1. The average Bonchev–Trinajstić information content (AvgIpc) is 2.67. The Morgan fingerprint density at radius 2 is 1.79 bits per heavy atom. The van der Waals surface area contributed by atoms with Crippen molar-refractivity contribution in [3.8, 4) is 11.3 Å². The Morgan fingerprint density at radius 1 is 1.03 bits per heavy atom.